The number of nitrogens with one attached hydrogen (secondary N) is 2. The molecule has 0 radical (unpaired) electrons. The van der Waals surface area contributed by atoms with Gasteiger partial charge in [-0.05, 0) is 36.4 Å². The Bertz CT molecular complexity index is 904. The molecule has 1 fully saturated rings. The van der Waals surface area contributed by atoms with Crippen LogP contribution in [0.4, 0.5) is 20.2 Å². The third kappa shape index (κ3) is 6.76. The van der Waals surface area contributed by atoms with Gasteiger partial charge in [-0.3, -0.25) is 14.5 Å². The average Bonchev–Trinajstić information content (AvgIpc) is 2.69. The summed E-state index contributed by atoms with van der Waals surface area (Å²) in [5, 5.41) is 5.51. The van der Waals surface area contributed by atoms with Gasteiger partial charge in [0.2, 0.25) is 11.8 Å². The summed E-state index contributed by atoms with van der Waals surface area (Å²) in [5.41, 5.74) is 0.542. The molecule has 1 heterocycles. The first kappa shape index (κ1) is 22.1. The van der Waals surface area contributed by atoms with Crippen LogP contribution < -0.4 is 10.6 Å². The molecule has 6 nitrogen and oxygen atoms in total. The normalized spacial score (nSPS) is 15.0. The van der Waals surface area contributed by atoms with Gasteiger partial charge < -0.3 is 15.5 Å². The molecule has 30 heavy (non-hydrogen) atoms. The summed E-state index contributed by atoms with van der Waals surface area (Å²) in [6, 6.07) is 9.88. The molecule has 0 spiro atoms. The largest absolute Gasteiger partial charge is 0.325 e. The number of amides is 2. The molecule has 160 valence electrons. The van der Waals surface area contributed by atoms with E-state index in [1.165, 1.54) is 24.3 Å². The van der Waals surface area contributed by atoms with E-state index >= 15 is 0 Å². The molecule has 2 N–H and O–H groups in total. The Morgan fingerprint density at radius 3 is 2.37 bits per heavy atom. The van der Waals surface area contributed by atoms with Gasteiger partial charge in [0.05, 0.1) is 12.2 Å². The SMILES string of the molecule is O=C(CN1CCN(CCC(=O)Nc2ccc(Cl)cc2F)CC1)Nc1cccc(F)c1. The zero-order chi connectivity index (χ0) is 21.5. The Hall–Kier alpha value is -2.55. The van der Waals surface area contributed by atoms with E-state index < -0.39 is 11.6 Å². The highest BCUT2D eigenvalue weighted by molar-refractivity contribution is 6.30. The Morgan fingerprint density at radius 1 is 0.933 bits per heavy atom. The molecule has 1 saturated heterocycles. The van der Waals surface area contributed by atoms with E-state index in [-0.39, 0.29) is 35.5 Å². The number of hydrogen-bond donors (Lipinski definition) is 2. The Morgan fingerprint density at radius 2 is 1.67 bits per heavy atom. The van der Waals surface area contributed by atoms with Crippen molar-refractivity contribution in [2.45, 2.75) is 6.42 Å². The van der Waals surface area contributed by atoms with Crippen molar-refractivity contribution >= 4 is 34.8 Å². The second-order valence-electron chi connectivity index (χ2n) is 7.10. The summed E-state index contributed by atoms with van der Waals surface area (Å²) in [5.74, 6) is -1.43. The van der Waals surface area contributed by atoms with Gasteiger partial charge in [0.25, 0.3) is 0 Å². The van der Waals surface area contributed by atoms with E-state index in [0.717, 1.165) is 19.2 Å². The zero-order valence-electron chi connectivity index (χ0n) is 16.3. The fourth-order valence-electron chi connectivity index (χ4n) is 3.20. The van der Waals surface area contributed by atoms with E-state index in [1.54, 1.807) is 12.1 Å². The van der Waals surface area contributed by atoms with Crippen molar-refractivity contribution in [1.82, 2.24) is 9.80 Å². The Kier molecular flexibility index (Phi) is 7.73. The molecule has 0 unspecified atom stereocenters. The first-order valence-electron chi connectivity index (χ1n) is 9.64. The number of nitrogens with zero attached hydrogens (tertiary/aromatic N) is 2. The molecule has 1 aliphatic heterocycles. The number of carbonyl (C=O) groups is 2. The molecule has 9 heteroatoms. The Labute approximate surface area is 178 Å². The molecule has 0 bridgehead atoms. The standard InChI is InChI=1S/C21H23ClF2N4O2/c22-15-4-5-19(18(24)12-15)26-20(29)6-7-27-8-10-28(11-9-27)14-21(30)25-17-3-1-2-16(23)13-17/h1-5,12-13H,6-11,14H2,(H,25,30)(H,26,29). The molecule has 1 aliphatic rings. The molecule has 2 amide bonds. The first-order chi connectivity index (χ1) is 14.4. The summed E-state index contributed by atoms with van der Waals surface area (Å²) in [4.78, 5) is 28.3. The number of rotatable bonds is 7. The molecule has 0 saturated carbocycles. The predicted octanol–water partition coefficient (Wildman–Crippen LogP) is 3.20. The lowest BCUT2D eigenvalue weighted by atomic mass is 10.2. The van der Waals surface area contributed by atoms with E-state index in [9.17, 15) is 18.4 Å². The molecule has 3 rings (SSSR count). The third-order valence-corrected chi connectivity index (χ3v) is 5.04. The predicted molar refractivity (Wildman–Crippen MR) is 113 cm³/mol. The lowest BCUT2D eigenvalue weighted by Gasteiger charge is -2.34. The zero-order valence-corrected chi connectivity index (χ0v) is 17.1. The minimum Gasteiger partial charge on any atom is -0.325 e. The van der Waals surface area contributed by atoms with Gasteiger partial charge in [-0.1, -0.05) is 17.7 Å². The van der Waals surface area contributed by atoms with E-state index in [2.05, 4.69) is 15.5 Å². The van der Waals surface area contributed by atoms with Crippen molar-refractivity contribution in [3.05, 3.63) is 59.1 Å². The van der Waals surface area contributed by atoms with Crippen molar-refractivity contribution in [3.8, 4) is 0 Å². The number of halogens is 3. The summed E-state index contributed by atoms with van der Waals surface area (Å²) >= 11 is 5.70. The number of carbonyl (C=O) groups excluding carboxylic acids is 2. The van der Waals surface area contributed by atoms with Crippen molar-refractivity contribution in [3.63, 3.8) is 0 Å². The van der Waals surface area contributed by atoms with Crippen LogP contribution in [0.25, 0.3) is 0 Å². The minimum absolute atomic E-state index is 0.110. The number of benzene rings is 2. The molecular weight excluding hydrogens is 414 g/mol. The van der Waals surface area contributed by atoms with Crippen LogP contribution in [-0.4, -0.2) is 60.9 Å². The van der Waals surface area contributed by atoms with Crippen LogP contribution in [0.5, 0.6) is 0 Å². The molecule has 0 atom stereocenters. The molecule has 0 aromatic heterocycles. The lowest BCUT2D eigenvalue weighted by Crippen LogP contribution is -2.49. The van der Waals surface area contributed by atoms with Gasteiger partial charge in [0, 0.05) is 49.9 Å². The third-order valence-electron chi connectivity index (χ3n) is 4.80. The van der Waals surface area contributed by atoms with Gasteiger partial charge in [0.1, 0.15) is 11.6 Å². The maximum absolute atomic E-state index is 13.7. The summed E-state index contributed by atoms with van der Waals surface area (Å²) in [6.45, 7) is 3.57. The monoisotopic (exact) mass is 436 g/mol. The number of anilines is 2. The van der Waals surface area contributed by atoms with Crippen LogP contribution in [0.1, 0.15) is 6.42 Å². The molecule has 2 aromatic carbocycles. The highest BCUT2D eigenvalue weighted by Gasteiger charge is 2.19. The Balaban J connectivity index is 1.36. The van der Waals surface area contributed by atoms with E-state index in [4.69, 9.17) is 11.6 Å². The van der Waals surface area contributed by atoms with Gasteiger partial charge in [-0.25, -0.2) is 8.78 Å². The van der Waals surface area contributed by atoms with Crippen LogP contribution in [-0.2, 0) is 9.59 Å². The molecular formula is C21H23ClF2N4O2. The average molecular weight is 437 g/mol. The van der Waals surface area contributed by atoms with Crippen LogP contribution in [0, 0.1) is 11.6 Å². The lowest BCUT2D eigenvalue weighted by molar-refractivity contribution is -0.117. The quantitative estimate of drug-likeness (QED) is 0.699. The minimum atomic E-state index is -0.569. The van der Waals surface area contributed by atoms with Crippen LogP contribution in [0.2, 0.25) is 5.02 Å². The van der Waals surface area contributed by atoms with Crippen LogP contribution >= 0.6 is 11.6 Å². The second-order valence-corrected chi connectivity index (χ2v) is 7.54. The fourth-order valence-corrected chi connectivity index (χ4v) is 3.36. The van der Waals surface area contributed by atoms with Crippen molar-refractivity contribution in [2.24, 2.45) is 0 Å². The highest BCUT2D eigenvalue weighted by atomic mass is 35.5. The summed E-state index contributed by atoms with van der Waals surface area (Å²) in [7, 11) is 0. The van der Waals surface area contributed by atoms with E-state index in [1.807, 2.05) is 4.90 Å². The maximum atomic E-state index is 13.7. The van der Waals surface area contributed by atoms with Crippen LogP contribution in [0.15, 0.2) is 42.5 Å². The second kappa shape index (κ2) is 10.5. The number of hydrogen-bond acceptors (Lipinski definition) is 4. The van der Waals surface area contributed by atoms with E-state index in [0.29, 0.717) is 25.3 Å². The van der Waals surface area contributed by atoms with Crippen molar-refractivity contribution in [2.75, 3.05) is 49.9 Å². The molecule has 2 aromatic rings. The van der Waals surface area contributed by atoms with Crippen LogP contribution in [0.3, 0.4) is 0 Å². The molecule has 0 aliphatic carbocycles. The van der Waals surface area contributed by atoms with Gasteiger partial charge in [0.15, 0.2) is 0 Å². The number of piperazine rings is 1. The first-order valence-corrected chi connectivity index (χ1v) is 10.0. The summed E-state index contributed by atoms with van der Waals surface area (Å²) in [6.07, 6.45) is 0.238. The summed E-state index contributed by atoms with van der Waals surface area (Å²) < 4.78 is 26.9. The highest BCUT2D eigenvalue weighted by Crippen LogP contribution is 2.19. The van der Waals surface area contributed by atoms with Crippen molar-refractivity contribution < 1.29 is 18.4 Å². The van der Waals surface area contributed by atoms with Gasteiger partial charge in [-0.2, -0.15) is 0 Å². The fraction of sp³-hybridized carbons (Fsp3) is 0.333. The topological polar surface area (TPSA) is 64.7 Å². The van der Waals surface area contributed by atoms with Crippen molar-refractivity contribution in [1.29, 1.82) is 0 Å². The van der Waals surface area contributed by atoms with Gasteiger partial charge >= 0.3 is 0 Å². The van der Waals surface area contributed by atoms with Gasteiger partial charge in [-0.15, -0.1) is 0 Å². The maximum Gasteiger partial charge on any atom is 0.238 e. The smallest absolute Gasteiger partial charge is 0.238 e.